The molecule has 6 nitrogen and oxygen atoms in total. The van der Waals surface area contributed by atoms with Crippen LogP contribution in [-0.2, 0) is 21.9 Å². The van der Waals surface area contributed by atoms with Crippen LogP contribution in [0.2, 0.25) is 0 Å². The van der Waals surface area contributed by atoms with Crippen LogP contribution in [0.4, 0.5) is 0 Å². The van der Waals surface area contributed by atoms with Crippen molar-refractivity contribution in [3.8, 4) is 11.5 Å². The number of nitrogens with one attached hydrogen (secondary N) is 1. The zero-order chi connectivity index (χ0) is 24.3. The third-order valence-electron chi connectivity index (χ3n) is 6.28. The number of thioether (sulfide) groups is 1. The van der Waals surface area contributed by atoms with E-state index in [1.165, 1.54) is 6.42 Å². The van der Waals surface area contributed by atoms with E-state index in [2.05, 4.69) is 5.32 Å². The van der Waals surface area contributed by atoms with Gasteiger partial charge in [0.25, 0.3) is 0 Å². The number of hydrogen-bond acceptors (Lipinski definition) is 5. The normalized spacial score (nSPS) is 14.8. The quantitative estimate of drug-likeness (QED) is 0.496. The van der Waals surface area contributed by atoms with Gasteiger partial charge in [-0.25, -0.2) is 0 Å². The van der Waals surface area contributed by atoms with Crippen molar-refractivity contribution < 1.29 is 19.1 Å². The van der Waals surface area contributed by atoms with Gasteiger partial charge in [-0.05, 0) is 55.2 Å². The Labute approximate surface area is 207 Å². The first kappa shape index (κ1) is 25.9. The van der Waals surface area contributed by atoms with E-state index in [0.717, 1.165) is 54.1 Å². The van der Waals surface area contributed by atoms with E-state index in [9.17, 15) is 9.59 Å². The van der Waals surface area contributed by atoms with Gasteiger partial charge in [-0.1, -0.05) is 43.5 Å². The van der Waals surface area contributed by atoms with Crippen molar-refractivity contribution in [3.05, 3.63) is 59.7 Å². The van der Waals surface area contributed by atoms with E-state index < -0.39 is 6.04 Å². The second-order valence-corrected chi connectivity index (χ2v) is 9.72. The number of ether oxygens (including phenoxy) is 2. The van der Waals surface area contributed by atoms with Crippen LogP contribution in [0.3, 0.4) is 0 Å². The highest BCUT2D eigenvalue weighted by Gasteiger charge is 2.28. The number of carbonyl (C=O) groups is 2. The number of hydrogen-bond donors (Lipinski definition) is 1. The smallest absolute Gasteiger partial charge is 0.242 e. The van der Waals surface area contributed by atoms with Crippen LogP contribution in [0.15, 0.2) is 48.5 Å². The molecule has 1 atom stereocenters. The van der Waals surface area contributed by atoms with Gasteiger partial charge in [-0.2, -0.15) is 0 Å². The van der Waals surface area contributed by atoms with Gasteiger partial charge in [0, 0.05) is 18.3 Å². The van der Waals surface area contributed by atoms with Crippen LogP contribution < -0.4 is 14.8 Å². The molecule has 1 N–H and O–H groups in total. The van der Waals surface area contributed by atoms with Crippen molar-refractivity contribution in [2.24, 2.45) is 0 Å². The molecule has 0 aliphatic heterocycles. The Bertz CT molecular complexity index is 911. The zero-order valence-electron chi connectivity index (χ0n) is 20.4. The molecule has 2 aromatic rings. The highest BCUT2D eigenvalue weighted by atomic mass is 32.2. The second-order valence-electron chi connectivity index (χ2n) is 8.73. The highest BCUT2D eigenvalue weighted by molar-refractivity contribution is 7.99. The van der Waals surface area contributed by atoms with E-state index >= 15 is 0 Å². The van der Waals surface area contributed by atoms with Crippen LogP contribution in [-0.4, -0.2) is 48.8 Å². The first-order valence-electron chi connectivity index (χ1n) is 11.9. The van der Waals surface area contributed by atoms with Crippen molar-refractivity contribution in [1.29, 1.82) is 0 Å². The number of nitrogens with zero attached hydrogens (tertiary/aromatic N) is 1. The van der Waals surface area contributed by atoms with Crippen molar-refractivity contribution in [2.75, 3.05) is 20.0 Å². The van der Waals surface area contributed by atoms with Gasteiger partial charge in [-0.15, -0.1) is 11.8 Å². The molecule has 184 valence electrons. The molecule has 0 spiro atoms. The lowest BCUT2D eigenvalue weighted by Crippen LogP contribution is -2.50. The fourth-order valence-electron chi connectivity index (χ4n) is 4.14. The summed E-state index contributed by atoms with van der Waals surface area (Å²) < 4.78 is 10.4. The largest absolute Gasteiger partial charge is 0.497 e. The average molecular weight is 485 g/mol. The monoisotopic (exact) mass is 484 g/mol. The summed E-state index contributed by atoms with van der Waals surface area (Å²) in [7, 11) is 3.27. The standard InChI is InChI=1S/C27H36N2O4S/c1-20(27(31)28-23-7-5-4-6-8-23)29(17-21-9-13-24(32-2)14-10-21)26(30)19-34-18-22-11-15-25(33-3)16-12-22/h9-16,20,23H,4-8,17-19H2,1-3H3,(H,28,31). The lowest BCUT2D eigenvalue weighted by atomic mass is 9.95. The summed E-state index contributed by atoms with van der Waals surface area (Å²) in [5, 5.41) is 3.18. The third kappa shape index (κ3) is 7.69. The Morgan fingerprint density at radius 3 is 2.06 bits per heavy atom. The molecule has 7 heteroatoms. The minimum absolute atomic E-state index is 0.0411. The Kier molecular flexibility index (Phi) is 10.1. The molecule has 3 rings (SSSR count). The summed E-state index contributed by atoms with van der Waals surface area (Å²) in [5.74, 6) is 2.49. The zero-order valence-corrected chi connectivity index (χ0v) is 21.2. The molecule has 1 aliphatic carbocycles. The Morgan fingerprint density at radius 2 is 1.50 bits per heavy atom. The van der Waals surface area contributed by atoms with Crippen molar-refractivity contribution in [2.45, 2.75) is 63.4 Å². The summed E-state index contributed by atoms with van der Waals surface area (Å²) in [5.41, 5.74) is 2.09. The van der Waals surface area contributed by atoms with Crippen molar-refractivity contribution >= 4 is 23.6 Å². The predicted molar refractivity (Wildman–Crippen MR) is 137 cm³/mol. The van der Waals surface area contributed by atoms with Crippen LogP contribution >= 0.6 is 11.8 Å². The van der Waals surface area contributed by atoms with Crippen LogP contribution in [0, 0.1) is 0 Å². The topological polar surface area (TPSA) is 67.9 Å². The van der Waals surface area contributed by atoms with Gasteiger partial charge in [0.1, 0.15) is 17.5 Å². The molecule has 0 aromatic heterocycles. The summed E-state index contributed by atoms with van der Waals surface area (Å²) in [6.07, 6.45) is 5.56. The van der Waals surface area contributed by atoms with Crippen LogP contribution in [0.25, 0.3) is 0 Å². The summed E-state index contributed by atoms with van der Waals surface area (Å²) in [6, 6.07) is 15.2. The van der Waals surface area contributed by atoms with E-state index in [0.29, 0.717) is 12.3 Å². The van der Waals surface area contributed by atoms with E-state index in [1.807, 2.05) is 55.5 Å². The Balaban J connectivity index is 1.64. The molecule has 0 saturated heterocycles. The maximum absolute atomic E-state index is 13.3. The van der Waals surface area contributed by atoms with Gasteiger partial charge in [0.2, 0.25) is 11.8 Å². The summed E-state index contributed by atoms with van der Waals surface area (Å²) in [4.78, 5) is 28.0. The molecule has 2 amide bonds. The minimum Gasteiger partial charge on any atom is -0.497 e. The molecule has 0 radical (unpaired) electrons. The Hall–Kier alpha value is -2.67. The number of benzene rings is 2. The summed E-state index contributed by atoms with van der Waals surface area (Å²) >= 11 is 1.55. The van der Waals surface area contributed by atoms with Gasteiger partial charge >= 0.3 is 0 Å². The molecule has 1 unspecified atom stereocenters. The minimum atomic E-state index is -0.543. The SMILES string of the molecule is COc1ccc(CSCC(=O)N(Cc2ccc(OC)cc2)C(C)C(=O)NC2CCCCC2)cc1. The fraction of sp³-hybridized carbons (Fsp3) is 0.481. The molecule has 1 fully saturated rings. The predicted octanol–water partition coefficient (Wildman–Crippen LogP) is 4.80. The van der Waals surface area contributed by atoms with E-state index in [4.69, 9.17) is 9.47 Å². The molecular formula is C27H36N2O4S. The van der Waals surface area contributed by atoms with Gasteiger partial charge < -0.3 is 19.7 Å². The molecular weight excluding hydrogens is 448 g/mol. The lowest BCUT2D eigenvalue weighted by molar-refractivity contribution is -0.139. The molecule has 1 saturated carbocycles. The molecule has 2 aromatic carbocycles. The van der Waals surface area contributed by atoms with E-state index in [1.54, 1.807) is 30.9 Å². The lowest BCUT2D eigenvalue weighted by Gasteiger charge is -2.31. The van der Waals surface area contributed by atoms with Gasteiger partial charge in [0.15, 0.2) is 0 Å². The molecule has 0 bridgehead atoms. The average Bonchev–Trinajstić information content (AvgIpc) is 2.88. The number of methoxy groups -OCH3 is 2. The highest BCUT2D eigenvalue weighted by Crippen LogP contribution is 2.21. The van der Waals surface area contributed by atoms with Gasteiger partial charge in [-0.3, -0.25) is 9.59 Å². The molecule has 1 aliphatic rings. The van der Waals surface area contributed by atoms with Crippen LogP contribution in [0.1, 0.15) is 50.2 Å². The van der Waals surface area contributed by atoms with E-state index in [-0.39, 0.29) is 17.9 Å². The molecule has 34 heavy (non-hydrogen) atoms. The van der Waals surface area contributed by atoms with Crippen molar-refractivity contribution in [1.82, 2.24) is 10.2 Å². The molecule has 0 heterocycles. The number of rotatable bonds is 11. The first-order chi connectivity index (χ1) is 16.5. The van der Waals surface area contributed by atoms with Crippen LogP contribution in [0.5, 0.6) is 11.5 Å². The van der Waals surface area contributed by atoms with Gasteiger partial charge in [0.05, 0.1) is 20.0 Å². The number of amides is 2. The second kappa shape index (κ2) is 13.3. The number of carbonyl (C=O) groups excluding carboxylic acids is 2. The van der Waals surface area contributed by atoms with Crippen molar-refractivity contribution in [3.63, 3.8) is 0 Å². The maximum atomic E-state index is 13.3. The Morgan fingerprint density at radius 1 is 0.941 bits per heavy atom. The first-order valence-corrected chi connectivity index (χ1v) is 13.1. The maximum Gasteiger partial charge on any atom is 0.242 e. The fourth-order valence-corrected chi connectivity index (χ4v) is 5.01. The third-order valence-corrected chi connectivity index (χ3v) is 7.27. The summed E-state index contributed by atoms with van der Waals surface area (Å²) in [6.45, 7) is 2.21.